The van der Waals surface area contributed by atoms with Crippen LogP contribution in [0.15, 0.2) is 42.5 Å². The summed E-state index contributed by atoms with van der Waals surface area (Å²) in [6, 6.07) is 11.0. The van der Waals surface area contributed by atoms with Crippen molar-refractivity contribution in [3.05, 3.63) is 59.7 Å². The van der Waals surface area contributed by atoms with Gasteiger partial charge in [-0.1, -0.05) is 58.0 Å². The maximum absolute atomic E-state index is 14.8. The second-order valence-corrected chi connectivity index (χ2v) is 7.75. The lowest BCUT2D eigenvalue weighted by Gasteiger charge is -2.11. The van der Waals surface area contributed by atoms with Gasteiger partial charge in [-0.25, -0.2) is 8.78 Å². The molecule has 4 heteroatoms. The molecule has 1 aliphatic carbocycles. The van der Waals surface area contributed by atoms with E-state index in [1.807, 2.05) is 27.7 Å². The van der Waals surface area contributed by atoms with Crippen molar-refractivity contribution in [1.29, 1.82) is 0 Å². The maximum Gasteiger partial charge on any atom is 0.310 e. The molecule has 0 bridgehead atoms. The van der Waals surface area contributed by atoms with Gasteiger partial charge in [0.15, 0.2) is 0 Å². The molecule has 0 unspecified atom stereocenters. The Hall–Kier alpha value is -2.23. The maximum atomic E-state index is 14.8. The Morgan fingerprint density at radius 2 is 1.60 bits per heavy atom. The first-order chi connectivity index (χ1) is 11.7. The molecule has 0 N–H and O–H groups in total. The number of ether oxygens (including phenoxy) is 1. The van der Waals surface area contributed by atoms with Gasteiger partial charge in [0.2, 0.25) is 0 Å². The zero-order chi connectivity index (χ0) is 18.4. The Labute approximate surface area is 146 Å². The van der Waals surface area contributed by atoms with E-state index in [1.165, 1.54) is 12.1 Å². The number of carbonyl (C=O) groups excluding carboxylic acids is 1. The van der Waals surface area contributed by atoms with Crippen molar-refractivity contribution in [2.75, 3.05) is 0 Å². The molecule has 1 saturated carbocycles. The molecular formula is C21H22F2O2. The molecule has 25 heavy (non-hydrogen) atoms. The monoisotopic (exact) mass is 344 g/mol. The Balaban J connectivity index is 1.80. The quantitative estimate of drug-likeness (QED) is 0.698. The molecule has 0 aliphatic heterocycles. The molecule has 3 rings (SSSR count). The molecule has 2 aromatic carbocycles. The average Bonchev–Trinajstić information content (AvgIpc) is 2.97. The molecule has 0 heterocycles. The van der Waals surface area contributed by atoms with Crippen LogP contribution in [-0.4, -0.2) is 5.97 Å². The highest BCUT2D eigenvalue weighted by Crippen LogP contribution is 2.68. The van der Waals surface area contributed by atoms with Gasteiger partial charge in [0, 0.05) is 5.56 Å². The lowest BCUT2D eigenvalue weighted by Crippen LogP contribution is -2.12. The van der Waals surface area contributed by atoms with Crippen LogP contribution in [0, 0.1) is 28.4 Å². The van der Waals surface area contributed by atoms with Crippen LogP contribution >= 0.6 is 0 Å². The summed E-state index contributed by atoms with van der Waals surface area (Å²) in [5.41, 5.74) is 0.252. The molecule has 1 fully saturated rings. The molecule has 0 spiro atoms. The summed E-state index contributed by atoms with van der Waals surface area (Å²) < 4.78 is 34.2. The van der Waals surface area contributed by atoms with E-state index in [1.54, 1.807) is 30.3 Å². The van der Waals surface area contributed by atoms with Crippen LogP contribution in [-0.2, 0) is 16.1 Å². The summed E-state index contributed by atoms with van der Waals surface area (Å²) in [4.78, 5) is 12.3. The summed E-state index contributed by atoms with van der Waals surface area (Å²) >= 11 is 0. The standard InChI is InChI=1S/C21H22F2O2/c1-20(2)18(21(20,3)4)19(24)25-12-14-10-11-15(22)16(17(14)23)13-8-6-5-7-9-13/h5-11,18H,12H2,1-4H3. The largest absolute Gasteiger partial charge is 0.460 e. The Morgan fingerprint density at radius 1 is 1.00 bits per heavy atom. The number of rotatable bonds is 4. The minimum Gasteiger partial charge on any atom is -0.460 e. The van der Waals surface area contributed by atoms with Crippen molar-refractivity contribution in [2.24, 2.45) is 16.7 Å². The second-order valence-electron chi connectivity index (χ2n) is 7.75. The molecule has 2 aromatic rings. The minimum atomic E-state index is -0.687. The van der Waals surface area contributed by atoms with Crippen molar-refractivity contribution in [2.45, 2.75) is 34.3 Å². The molecule has 0 atom stereocenters. The van der Waals surface area contributed by atoms with Crippen LogP contribution in [0.25, 0.3) is 11.1 Å². The average molecular weight is 344 g/mol. The summed E-state index contributed by atoms with van der Waals surface area (Å²) in [7, 11) is 0. The third-order valence-corrected chi connectivity index (χ3v) is 5.86. The fraction of sp³-hybridized carbons (Fsp3) is 0.381. The van der Waals surface area contributed by atoms with Gasteiger partial charge >= 0.3 is 5.97 Å². The van der Waals surface area contributed by atoms with Crippen LogP contribution < -0.4 is 0 Å². The van der Waals surface area contributed by atoms with E-state index in [0.29, 0.717) is 5.56 Å². The Kier molecular flexibility index (Phi) is 4.18. The summed E-state index contributed by atoms with van der Waals surface area (Å²) in [5.74, 6) is -1.87. The third-order valence-electron chi connectivity index (χ3n) is 5.86. The van der Waals surface area contributed by atoms with Crippen LogP contribution in [0.1, 0.15) is 33.3 Å². The van der Waals surface area contributed by atoms with E-state index < -0.39 is 11.6 Å². The zero-order valence-electron chi connectivity index (χ0n) is 14.9. The lowest BCUT2D eigenvalue weighted by atomic mass is 10.0. The van der Waals surface area contributed by atoms with Gasteiger partial charge < -0.3 is 4.74 Å². The number of hydrogen-bond acceptors (Lipinski definition) is 2. The molecule has 0 aromatic heterocycles. The number of halogens is 2. The van der Waals surface area contributed by atoms with Crippen LogP contribution in [0.4, 0.5) is 8.78 Å². The van der Waals surface area contributed by atoms with Crippen LogP contribution in [0.3, 0.4) is 0 Å². The van der Waals surface area contributed by atoms with Crippen molar-refractivity contribution in [3.63, 3.8) is 0 Å². The lowest BCUT2D eigenvalue weighted by molar-refractivity contribution is -0.148. The summed E-state index contributed by atoms with van der Waals surface area (Å²) in [6.07, 6.45) is 0. The molecule has 0 saturated heterocycles. The SMILES string of the molecule is CC1(C)C(C(=O)OCc2ccc(F)c(-c3ccccc3)c2F)C1(C)C. The topological polar surface area (TPSA) is 26.3 Å². The van der Waals surface area contributed by atoms with Crippen LogP contribution in [0.2, 0.25) is 0 Å². The van der Waals surface area contributed by atoms with Crippen molar-refractivity contribution in [1.82, 2.24) is 0 Å². The van der Waals surface area contributed by atoms with Gasteiger partial charge in [0.1, 0.15) is 18.2 Å². The van der Waals surface area contributed by atoms with Crippen molar-refractivity contribution >= 4 is 5.97 Å². The number of hydrogen-bond donors (Lipinski definition) is 0. The van der Waals surface area contributed by atoms with Gasteiger partial charge in [-0.2, -0.15) is 0 Å². The predicted molar refractivity (Wildman–Crippen MR) is 92.6 cm³/mol. The number of benzene rings is 2. The zero-order valence-corrected chi connectivity index (χ0v) is 14.9. The fourth-order valence-electron chi connectivity index (χ4n) is 3.59. The molecule has 0 amide bonds. The highest BCUT2D eigenvalue weighted by atomic mass is 19.1. The normalized spacial score (nSPS) is 18.0. The van der Waals surface area contributed by atoms with E-state index in [0.717, 1.165) is 0 Å². The Morgan fingerprint density at radius 3 is 2.16 bits per heavy atom. The van der Waals surface area contributed by atoms with E-state index in [2.05, 4.69) is 0 Å². The second kappa shape index (κ2) is 5.94. The highest BCUT2D eigenvalue weighted by molar-refractivity contribution is 5.78. The predicted octanol–water partition coefficient (Wildman–Crippen LogP) is 5.36. The smallest absolute Gasteiger partial charge is 0.310 e. The van der Waals surface area contributed by atoms with E-state index in [4.69, 9.17) is 4.74 Å². The van der Waals surface area contributed by atoms with Crippen molar-refractivity contribution in [3.8, 4) is 11.1 Å². The van der Waals surface area contributed by atoms with Gasteiger partial charge in [-0.05, 0) is 28.5 Å². The molecule has 1 aliphatic rings. The van der Waals surface area contributed by atoms with Gasteiger partial charge in [0.25, 0.3) is 0 Å². The molecule has 0 radical (unpaired) electrons. The molecular weight excluding hydrogens is 322 g/mol. The van der Waals surface area contributed by atoms with Gasteiger partial charge in [-0.3, -0.25) is 4.79 Å². The van der Waals surface area contributed by atoms with E-state index in [9.17, 15) is 13.6 Å². The number of carbonyl (C=O) groups is 1. The fourth-order valence-corrected chi connectivity index (χ4v) is 3.59. The molecule has 132 valence electrons. The summed E-state index contributed by atoms with van der Waals surface area (Å²) in [6.45, 7) is 7.87. The van der Waals surface area contributed by atoms with Crippen LogP contribution in [0.5, 0.6) is 0 Å². The minimum absolute atomic E-state index is 0.0961. The number of esters is 1. The Bertz CT molecular complexity index is 796. The van der Waals surface area contributed by atoms with Crippen molar-refractivity contribution < 1.29 is 18.3 Å². The highest BCUT2D eigenvalue weighted by Gasteiger charge is 2.69. The third kappa shape index (κ3) is 2.84. The van der Waals surface area contributed by atoms with E-state index in [-0.39, 0.29) is 40.5 Å². The van der Waals surface area contributed by atoms with Gasteiger partial charge in [0.05, 0.1) is 11.5 Å². The first-order valence-corrected chi connectivity index (χ1v) is 8.37. The summed E-state index contributed by atoms with van der Waals surface area (Å²) in [5, 5.41) is 0. The van der Waals surface area contributed by atoms with E-state index >= 15 is 0 Å². The first kappa shape index (κ1) is 17.6. The van der Waals surface area contributed by atoms with Gasteiger partial charge in [-0.15, -0.1) is 0 Å². The molecule has 2 nitrogen and oxygen atoms in total. The first-order valence-electron chi connectivity index (χ1n) is 8.37.